The number of piperidine rings is 1. The minimum atomic E-state index is -4.43. The van der Waals surface area contributed by atoms with Gasteiger partial charge in [-0.25, -0.2) is 0 Å². The maximum absolute atomic E-state index is 13.7. The number of likely N-dealkylation sites (tertiary alicyclic amines) is 1. The molecule has 5 heterocycles. The summed E-state index contributed by atoms with van der Waals surface area (Å²) in [6.07, 6.45) is 1.68. The van der Waals surface area contributed by atoms with Crippen LogP contribution < -0.4 is 0 Å². The van der Waals surface area contributed by atoms with Crippen molar-refractivity contribution < 1.29 is 27.4 Å². The predicted octanol–water partition coefficient (Wildman–Crippen LogP) is 3.97. The van der Waals surface area contributed by atoms with Crippen LogP contribution in [-0.2, 0) is 33.4 Å². The topological polar surface area (TPSA) is 54.9 Å². The highest BCUT2D eigenvalue weighted by Crippen LogP contribution is 2.55. The van der Waals surface area contributed by atoms with Gasteiger partial charge < -0.3 is 19.3 Å². The number of amides is 1. The second kappa shape index (κ2) is 7.90. The molecule has 4 aliphatic heterocycles. The van der Waals surface area contributed by atoms with E-state index in [4.69, 9.17) is 9.47 Å². The lowest BCUT2D eigenvalue weighted by Crippen LogP contribution is -2.49. The van der Waals surface area contributed by atoms with E-state index in [1.807, 2.05) is 11.8 Å². The van der Waals surface area contributed by atoms with Gasteiger partial charge in [0.1, 0.15) is 0 Å². The van der Waals surface area contributed by atoms with Crippen LogP contribution in [0.1, 0.15) is 62.8 Å². The monoisotopic (exact) mass is 479 g/mol. The number of pyridine rings is 1. The predicted molar refractivity (Wildman–Crippen MR) is 116 cm³/mol. The molecule has 1 amide bonds. The molecule has 6 rings (SSSR count). The summed E-state index contributed by atoms with van der Waals surface area (Å²) in [6.45, 7) is 6.31. The Bertz CT molecular complexity index is 974. The lowest BCUT2D eigenvalue weighted by atomic mass is 9.73. The molecule has 1 spiro atoms. The highest BCUT2D eigenvalue weighted by molar-refractivity contribution is 5.87. The molecule has 0 radical (unpaired) electrons. The van der Waals surface area contributed by atoms with E-state index in [0.29, 0.717) is 29.6 Å². The summed E-state index contributed by atoms with van der Waals surface area (Å²) < 4.78 is 51.0. The van der Waals surface area contributed by atoms with Crippen LogP contribution in [0.4, 0.5) is 13.2 Å². The average molecular weight is 480 g/mol. The normalized spacial score (nSPS) is 38.8. The van der Waals surface area contributed by atoms with E-state index in [-0.39, 0.29) is 37.0 Å². The summed E-state index contributed by atoms with van der Waals surface area (Å²) in [5.74, 6) is 0.741. The van der Waals surface area contributed by atoms with Crippen molar-refractivity contribution in [1.29, 1.82) is 0 Å². The van der Waals surface area contributed by atoms with Crippen molar-refractivity contribution >= 4 is 5.91 Å². The number of alkyl halides is 3. The van der Waals surface area contributed by atoms with E-state index in [9.17, 15) is 18.0 Å². The fourth-order valence-electron chi connectivity index (χ4n) is 7.28. The smallest absolute Gasteiger partial charge is 0.334 e. The zero-order chi connectivity index (χ0) is 23.8. The fraction of sp³-hybridized carbons (Fsp3) is 0.760. The standard InChI is InChI=1S/C25H32F3N3O3/c1-14-21-10-20-17(9-18(12-29-20)25(26,27)28)13-31(21)23(32)24(14)6-3-19(11-24)30-7-4-16(5-8-30)22-33-15(2)34-22/h9,12,14-16,19,21-22H,3-8,10-11,13H2,1-2H3/t14?,15?,19-,21?,22?,24-/m0/s1. The zero-order valence-corrected chi connectivity index (χ0v) is 19.7. The Balaban J connectivity index is 1.14. The lowest BCUT2D eigenvalue weighted by molar-refractivity contribution is -0.394. The Labute approximate surface area is 197 Å². The van der Waals surface area contributed by atoms with E-state index in [0.717, 1.165) is 51.4 Å². The molecule has 1 aromatic heterocycles. The van der Waals surface area contributed by atoms with Crippen molar-refractivity contribution in [2.45, 2.75) is 89.8 Å². The molecule has 1 saturated carbocycles. The van der Waals surface area contributed by atoms with Gasteiger partial charge in [0.15, 0.2) is 12.6 Å². The van der Waals surface area contributed by atoms with Crippen LogP contribution in [0.25, 0.3) is 0 Å². The van der Waals surface area contributed by atoms with Gasteiger partial charge in [0.05, 0.1) is 11.0 Å². The van der Waals surface area contributed by atoms with Crippen molar-refractivity contribution in [2.75, 3.05) is 13.1 Å². The third-order valence-electron chi connectivity index (χ3n) is 9.32. The third-order valence-corrected chi connectivity index (χ3v) is 9.32. The first-order valence-corrected chi connectivity index (χ1v) is 12.6. The molecule has 9 heteroatoms. The maximum Gasteiger partial charge on any atom is 0.417 e. The number of hydrogen-bond acceptors (Lipinski definition) is 5. The molecule has 0 aromatic carbocycles. The molecule has 186 valence electrons. The van der Waals surface area contributed by atoms with Gasteiger partial charge in [-0.15, -0.1) is 0 Å². The number of carbonyl (C=O) groups excluding carboxylic acids is 1. The van der Waals surface area contributed by atoms with Crippen LogP contribution in [0.2, 0.25) is 0 Å². The Hall–Kier alpha value is -1.71. The molecule has 4 atom stereocenters. The highest BCUT2D eigenvalue weighted by atomic mass is 19.4. The molecule has 3 saturated heterocycles. The van der Waals surface area contributed by atoms with Crippen LogP contribution in [0.15, 0.2) is 12.3 Å². The van der Waals surface area contributed by atoms with Gasteiger partial charge in [0.2, 0.25) is 5.91 Å². The van der Waals surface area contributed by atoms with Crippen molar-refractivity contribution in [3.8, 4) is 0 Å². The van der Waals surface area contributed by atoms with Gasteiger partial charge in [-0.2, -0.15) is 13.2 Å². The van der Waals surface area contributed by atoms with Crippen LogP contribution in [0, 0.1) is 17.3 Å². The van der Waals surface area contributed by atoms with Gasteiger partial charge in [0, 0.05) is 42.9 Å². The summed E-state index contributed by atoms with van der Waals surface area (Å²) >= 11 is 0. The summed E-state index contributed by atoms with van der Waals surface area (Å²) in [5.41, 5.74) is 0.0967. The first-order chi connectivity index (χ1) is 16.2. The Morgan fingerprint density at radius 1 is 1.15 bits per heavy atom. The van der Waals surface area contributed by atoms with E-state index < -0.39 is 17.2 Å². The van der Waals surface area contributed by atoms with Crippen molar-refractivity contribution in [3.05, 3.63) is 29.1 Å². The second-order valence-corrected chi connectivity index (χ2v) is 11.0. The number of nitrogens with zero attached hydrogens (tertiary/aromatic N) is 3. The van der Waals surface area contributed by atoms with E-state index >= 15 is 0 Å². The van der Waals surface area contributed by atoms with Gasteiger partial charge in [-0.1, -0.05) is 6.92 Å². The molecular formula is C25H32F3N3O3. The van der Waals surface area contributed by atoms with E-state index in [1.54, 1.807) is 0 Å². The summed E-state index contributed by atoms with van der Waals surface area (Å²) in [7, 11) is 0. The zero-order valence-electron chi connectivity index (χ0n) is 19.7. The quantitative estimate of drug-likeness (QED) is 0.643. The second-order valence-electron chi connectivity index (χ2n) is 11.0. The molecule has 1 aliphatic carbocycles. The summed E-state index contributed by atoms with van der Waals surface area (Å²) in [4.78, 5) is 22.3. The Morgan fingerprint density at radius 3 is 2.56 bits per heavy atom. The average Bonchev–Trinajstić information content (AvgIpc) is 3.33. The van der Waals surface area contributed by atoms with Gasteiger partial charge in [-0.05, 0) is 69.7 Å². The number of ether oxygens (including phenoxy) is 2. The largest absolute Gasteiger partial charge is 0.417 e. The molecule has 2 unspecified atom stereocenters. The molecule has 1 aromatic rings. The summed E-state index contributed by atoms with van der Waals surface area (Å²) in [5, 5.41) is 0. The van der Waals surface area contributed by atoms with Crippen molar-refractivity contribution in [3.63, 3.8) is 0 Å². The maximum atomic E-state index is 13.7. The number of halogens is 3. The van der Waals surface area contributed by atoms with E-state index in [2.05, 4.69) is 16.8 Å². The molecule has 6 nitrogen and oxygen atoms in total. The molecule has 4 fully saturated rings. The number of fused-ring (bicyclic) bond motifs is 2. The van der Waals surface area contributed by atoms with Crippen molar-refractivity contribution in [2.24, 2.45) is 17.3 Å². The molecular weight excluding hydrogens is 447 g/mol. The first-order valence-electron chi connectivity index (χ1n) is 12.6. The molecule has 34 heavy (non-hydrogen) atoms. The van der Waals surface area contributed by atoms with Crippen molar-refractivity contribution in [1.82, 2.24) is 14.8 Å². The summed E-state index contributed by atoms with van der Waals surface area (Å²) in [6, 6.07) is 1.58. The van der Waals surface area contributed by atoms with Gasteiger partial charge >= 0.3 is 6.18 Å². The number of rotatable bonds is 2. The van der Waals surface area contributed by atoms with Crippen LogP contribution >= 0.6 is 0 Å². The van der Waals surface area contributed by atoms with Crippen LogP contribution in [0.3, 0.4) is 0 Å². The van der Waals surface area contributed by atoms with Gasteiger partial charge in [-0.3, -0.25) is 9.78 Å². The highest BCUT2D eigenvalue weighted by Gasteiger charge is 2.61. The van der Waals surface area contributed by atoms with Crippen LogP contribution in [0.5, 0.6) is 0 Å². The molecule has 0 N–H and O–H groups in total. The minimum Gasteiger partial charge on any atom is -0.334 e. The van der Waals surface area contributed by atoms with E-state index in [1.165, 1.54) is 6.07 Å². The lowest BCUT2D eigenvalue weighted by Gasteiger charge is -2.44. The Kier molecular flexibility index (Phi) is 5.28. The number of carbonyl (C=O) groups is 1. The number of aromatic nitrogens is 1. The number of hydrogen-bond donors (Lipinski definition) is 0. The SMILES string of the molecule is CC1OC(C2CCN([C@H]3CC[C@@]4(C3)C(=O)N3Cc5cc(C(F)(F)F)cnc5CC3C4C)CC2)O1. The third kappa shape index (κ3) is 3.49. The van der Waals surface area contributed by atoms with Gasteiger partial charge in [0.25, 0.3) is 0 Å². The molecule has 0 bridgehead atoms. The minimum absolute atomic E-state index is 0.0172. The molecule has 5 aliphatic rings. The van der Waals surface area contributed by atoms with Crippen LogP contribution in [-0.4, -0.2) is 58.4 Å². The first kappa shape index (κ1) is 22.7. The fourth-order valence-corrected chi connectivity index (χ4v) is 7.28. The Morgan fingerprint density at radius 2 is 1.88 bits per heavy atom.